The zero-order valence-corrected chi connectivity index (χ0v) is 12.2. The number of ether oxygens (including phenoxy) is 2. The molecule has 19 heavy (non-hydrogen) atoms. The fraction of sp³-hybridized carbons (Fsp3) is 0.600. The van der Waals surface area contributed by atoms with Crippen molar-refractivity contribution in [2.45, 2.75) is 25.3 Å². The average molecular weight is 284 g/mol. The summed E-state index contributed by atoms with van der Waals surface area (Å²) in [4.78, 5) is 2.44. The van der Waals surface area contributed by atoms with E-state index in [0.29, 0.717) is 18.5 Å². The molecule has 1 aromatic carbocycles. The van der Waals surface area contributed by atoms with Gasteiger partial charge in [-0.25, -0.2) is 0 Å². The van der Waals surface area contributed by atoms with E-state index >= 15 is 0 Å². The molecule has 4 heteroatoms. The van der Waals surface area contributed by atoms with Gasteiger partial charge in [0.1, 0.15) is 6.61 Å². The van der Waals surface area contributed by atoms with Gasteiger partial charge in [0, 0.05) is 25.0 Å². The Hall–Kier alpha value is -0.930. The van der Waals surface area contributed by atoms with Gasteiger partial charge in [0.15, 0.2) is 11.5 Å². The van der Waals surface area contributed by atoms with Crippen molar-refractivity contribution in [3.63, 3.8) is 0 Å². The van der Waals surface area contributed by atoms with Crippen molar-refractivity contribution in [3.8, 4) is 11.5 Å². The van der Waals surface area contributed by atoms with E-state index in [1.54, 1.807) is 7.11 Å². The number of rotatable bonds is 8. The normalized spacial score (nSPS) is 15.3. The first-order valence-corrected chi connectivity index (χ1v) is 7.44. The molecule has 0 amide bonds. The molecule has 1 aliphatic carbocycles. The number of hydrogen-bond acceptors (Lipinski definition) is 3. The predicted molar refractivity (Wildman–Crippen MR) is 78.4 cm³/mol. The van der Waals surface area contributed by atoms with Crippen LogP contribution in [-0.4, -0.2) is 43.6 Å². The lowest BCUT2D eigenvalue weighted by atomic mass is 9.91. The second-order valence-electron chi connectivity index (χ2n) is 4.81. The molecule has 0 saturated heterocycles. The summed E-state index contributed by atoms with van der Waals surface area (Å²) in [7, 11) is 1.66. The van der Waals surface area contributed by atoms with E-state index < -0.39 is 0 Å². The van der Waals surface area contributed by atoms with Crippen LogP contribution in [0.4, 0.5) is 0 Å². The van der Waals surface area contributed by atoms with Crippen LogP contribution in [0.1, 0.15) is 19.3 Å². The molecule has 0 radical (unpaired) electrons. The van der Waals surface area contributed by atoms with Crippen LogP contribution in [0.3, 0.4) is 0 Å². The molecular weight excluding hydrogens is 262 g/mol. The lowest BCUT2D eigenvalue weighted by Gasteiger charge is -2.37. The van der Waals surface area contributed by atoms with Crippen LogP contribution in [0.15, 0.2) is 24.3 Å². The molecule has 0 aliphatic heterocycles. The van der Waals surface area contributed by atoms with E-state index in [4.69, 9.17) is 21.1 Å². The Morgan fingerprint density at radius 3 is 2.53 bits per heavy atom. The Bertz CT molecular complexity index is 382. The summed E-state index contributed by atoms with van der Waals surface area (Å²) in [6.07, 6.45) is 3.94. The minimum Gasteiger partial charge on any atom is -0.493 e. The highest BCUT2D eigenvalue weighted by atomic mass is 35.5. The van der Waals surface area contributed by atoms with Crippen LogP contribution >= 0.6 is 11.6 Å². The van der Waals surface area contributed by atoms with Crippen molar-refractivity contribution in [1.82, 2.24) is 4.90 Å². The molecule has 106 valence electrons. The largest absolute Gasteiger partial charge is 0.493 e. The fourth-order valence-corrected chi connectivity index (χ4v) is 2.57. The van der Waals surface area contributed by atoms with E-state index in [1.807, 2.05) is 24.3 Å². The van der Waals surface area contributed by atoms with E-state index in [9.17, 15) is 0 Å². The van der Waals surface area contributed by atoms with Gasteiger partial charge in [-0.1, -0.05) is 18.6 Å². The molecule has 0 atom stereocenters. The van der Waals surface area contributed by atoms with Gasteiger partial charge in [-0.3, -0.25) is 4.90 Å². The zero-order chi connectivity index (χ0) is 13.5. The van der Waals surface area contributed by atoms with Crippen LogP contribution in [0, 0.1) is 0 Å². The van der Waals surface area contributed by atoms with Crippen LogP contribution in [0.5, 0.6) is 11.5 Å². The maximum atomic E-state index is 5.86. The van der Waals surface area contributed by atoms with E-state index in [-0.39, 0.29) is 0 Å². The Balaban J connectivity index is 1.80. The van der Waals surface area contributed by atoms with Crippen molar-refractivity contribution in [2.24, 2.45) is 0 Å². The van der Waals surface area contributed by atoms with Crippen LogP contribution in [0.2, 0.25) is 0 Å². The molecule has 1 saturated carbocycles. The second kappa shape index (κ2) is 7.61. The van der Waals surface area contributed by atoms with Gasteiger partial charge in [0.2, 0.25) is 0 Å². The van der Waals surface area contributed by atoms with Gasteiger partial charge in [-0.05, 0) is 25.0 Å². The Kier molecular flexibility index (Phi) is 5.80. The number of hydrogen-bond donors (Lipinski definition) is 0. The third-order valence-corrected chi connectivity index (χ3v) is 3.84. The predicted octanol–water partition coefficient (Wildman–Crippen LogP) is 3.17. The van der Waals surface area contributed by atoms with Crippen molar-refractivity contribution < 1.29 is 9.47 Å². The van der Waals surface area contributed by atoms with Gasteiger partial charge < -0.3 is 9.47 Å². The summed E-state index contributed by atoms with van der Waals surface area (Å²) in [6, 6.07) is 8.46. The molecule has 0 unspecified atom stereocenters. The van der Waals surface area contributed by atoms with E-state index in [2.05, 4.69) is 4.90 Å². The number of benzene rings is 1. The Labute approximate surface area is 120 Å². The highest BCUT2D eigenvalue weighted by Crippen LogP contribution is 2.27. The second-order valence-corrected chi connectivity index (χ2v) is 5.19. The van der Waals surface area contributed by atoms with Gasteiger partial charge in [-0.2, -0.15) is 0 Å². The highest BCUT2D eigenvalue weighted by Gasteiger charge is 2.24. The first-order valence-electron chi connectivity index (χ1n) is 6.91. The molecule has 0 bridgehead atoms. The minimum atomic E-state index is 0.674. The average Bonchev–Trinajstić information content (AvgIpc) is 2.37. The number of halogens is 1. The van der Waals surface area contributed by atoms with Crippen LogP contribution < -0.4 is 9.47 Å². The smallest absolute Gasteiger partial charge is 0.161 e. The zero-order valence-electron chi connectivity index (χ0n) is 11.5. The van der Waals surface area contributed by atoms with Crippen molar-refractivity contribution >= 4 is 11.6 Å². The fourth-order valence-electron chi connectivity index (χ4n) is 2.35. The summed E-state index contributed by atoms with van der Waals surface area (Å²) in [6.45, 7) is 2.55. The summed E-state index contributed by atoms with van der Waals surface area (Å²) < 4.78 is 11.1. The molecule has 0 heterocycles. The first-order chi connectivity index (χ1) is 9.35. The Morgan fingerprint density at radius 2 is 1.95 bits per heavy atom. The minimum absolute atomic E-state index is 0.674. The maximum Gasteiger partial charge on any atom is 0.161 e. The molecule has 0 aromatic heterocycles. The summed E-state index contributed by atoms with van der Waals surface area (Å²) in [5.74, 6) is 2.28. The van der Waals surface area contributed by atoms with Crippen molar-refractivity contribution in [2.75, 3.05) is 32.7 Å². The Morgan fingerprint density at radius 1 is 1.21 bits per heavy atom. The third-order valence-electron chi connectivity index (χ3n) is 3.67. The molecule has 0 spiro atoms. The topological polar surface area (TPSA) is 21.7 Å². The number of methoxy groups -OCH3 is 1. The molecule has 1 aliphatic rings. The number of nitrogens with zero attached hydrogens (tertiary/aromatic N) is 1. The monoisotopic (exact) mass is 283 g/mol. The van der Waals surface area contributed by atoms with Gasteiger partial charge in [-0.15, -0.1) is 11.6 Å². The summed E-state index contributed by atoms with van der Waals surface area (Å²) in [5.41, 5.74) is 0. The van der Waals surface area contributed by atoms with E-state index in [0.717, 1.165) is 24.6 Å². The van der Waals surface area contributed by atoms with E-state index in [1.165, 1.54) is 19.3 Å². The molecular formula is C15H22ClNO2. The number of para-hydroxylation sites is 2. The van der Waals surface area contributed by atoms with Crippen LogP contribution in [-0.2, 0) is 0 Å². The molecule has 1 fully saturated rings. The number of alkyl halides is 1. The van der Waals surface area contributed by atoms with Gasteiger partial charge in [0.25, 0.3) is 0 Å². The summed E-state index contributed by atoms with van der Waals surface area (Å²) in [5, 5.41) is 0. The lowest BCUT2D eigenvalue weighted by Crippen LogP contribution is -2.43. The van der Waals surface area contributed by atoms with Crippen molar-refractivity contribution in [3.05, 3.63) is 24.3 Å². The molecule has 1 aromatic rings. The highest BCUT2D eigenvalue weighted by molar-refractivity contribution is 6.18. The SMILES string of the molecule is COc1ccccc1OCCN(CCCl)C1CCC1. The first kappa shape index (κ1) is 14.5. The molecule has 2 rings (SSSR count). The van der Waals surface area contributed by atoms with Crippen molar-refractivity contribution in [1.29, 1.82) is 0 Å². The van der Waals surface area contributed by atoms with Gasteiger partial charge >= 0.3 is 0 Å². The lowest BCUT2D eigenvalue weighted by molar-refractivity contribution is 0.113. The van der Waals surface area contributed by atoms with Crippen LogP contribution in [0.25, 0.3) is 0 Å². The quantitative estimate of drug-likeness (QED) is 0.684. The molecule has 0 N–H and O–H groups in total. The molecule has 3 nitrogen and oxygen atoms in total. The standard InChI is InChI=1S/C15H22ClNO2/c1-18-14-7-2-3-8-15(14)19-12-11-17(10-9-16)13-5-4-6-13/h2-3,7-8,13H,4-6,9-12H2,1H3. The van der Waals surface area contributed by atoms with Gasteiger partial charge in [0.05, 0.1) is 7.11 Å². The summed E-state index contributed by atoms with van der Waals surface area (Å²) >= 11 is 5.86. The maximum absolute atomic E-state index is 5.86. The third kappa shape index (κ3) is 4.02.